The van der Waals surface area contributed by atoms with Crippen molar-refractivity contribution in [3.05, 3.63) is 35.4 Å². The van der Waals surface area contributed by atoms with E-state index in [1.807, 2.05) is 18.2 Å². The Bertz CT molecular complexity index is 423. The van der Waals surface area contributed by atoms with Gasteiger partial charge < -0.3 is 9.47 Å². The van der Waals surface area contributed by atoms with Crippen molar-refractivity contribution in [1.82, 2.24) is 0 Å². The van der Waals surface area contributed by atoms with E-state index in [4.69, 9.17) is 4.74 Å². The molecule has 0 saturated carbocycles. The van der Waals surface area contributed by atoms with Gasteiger partial charge >= 0.3 is 6.16 Å². The number of carbonyl (C=O) groups is 1. The van der Waals surface area contributed by atoms with Gasteiger partial charge in [0.1, 0.15) is 6.10 Å². The van der Waals surface area contributed by atoms with Gasteiger partial charge in [0.2, 0.25) is 0 Å². The smallest absolute Gasteiger partial charge is 0.438 e. The Morgan fingerprint density at radius 2 is 2.06 bits per heavy atom. The van der Waals surface area contributed by atoms with Crippen LogP contribution in [0.25, 0.3) is 0 Å². The molecule has 1 aromatic rings. The zero-order chi connectivity index (χ0) is 12.5. The van der Waals surface area contributed by atoms with E-state index >= 15 is 0 Å². The van der Waals surface area contributed by atoms with Crippen molar-refractivity contribution in [2.75, 3.05) is 7.11 Å². The molecule has 3 nitrogen and oxygen atoms in total. The molecule has 1 unspecified atom stereocenters. The second kappa shape index (κ2) is 4.40. The monoisotopic (exact) mass is 234 g/mol. The zero-order valence-corrected chi connectivity index (χ0v) is 10.5. The fourth-order valence-electron chi connectivity index (χ4n) is 2.46. The van der Waals surface area contributed by atoms with Crippen LogP contribution >= 0.6 is 0 Å². The third kappa shape index (κ3) is 2.28. The molecule has 0 saturated heterocycles. The van der Waals surface area contributed by atoms with Crippen LogP contribution in [0.2, 0.25) is 0 Å². The fraction of sp³-hybridized carbons (Fsp3) is 0.500. The van der Waals surface area contributed by atoms with E-state index in [2.05, 4.69) is 24.7 Å². The first-order chi connectivity index (χ1) is 8.04. The lowest BCUT2D eigenvalue weighted by molar-refractivity contribution is 0.0258. The van der Waals surface area contributed by atoms with Crippen LogP contribution in [0.15, 0.2) is 24.3 Å². The normalized spacial score (nSPS) is 21.5. The van der Waals surface area contributed by atoms with E-state index < -0.39 is 6.16 Å². The highest BCUT2D eigenvalue weighted by atomic mass is 16.7. The largest absolute Gasteiger partial charge is 0.508 e. The van der Waals surface area contributed by atoms with E-state index in [9.17, 15) is 4.79 Å². The van der Waals surface area contributed by atoms with Crippen molar-refractivity contribution >= 4 is 6.16 Å². The van der Waals surface area contributed by atoms with Gasteiger partial charge in [0.05, 0.1) is 7.11 Å². The molecule has 0 radical (unpaired) electrons. The molecule has 2 rings (SSSR count). The molecule has 0 N–H and O–H groups in total. The summed E-state index contributed by atoms with van der Waals surface area (Å²) in [7, 11) is 1.33. The molecule has 0 bridgehead atoms. The van der Waals surface area contributed by atoms with Crippen molar-refractivity contribution < 1.29 is 14.3 Å². The molecule has 0 heterocycles. The summed E-state index contributed by atoms with van der Waals surface area (Å²) in [6.07, 6.45) is 1.07. The highest BCUT2D eigenvalue weighted by Gasteiger charge is 2.34. The van der Waals surface area contributed by atoms with Crippen LogP contribution in [-0.4, -0.2) is 13.3 Å². The number of rotatable bonds is 1. The van der Waals surface area contributed by atoms with Crippen molar-refractivity contribution in [2.45, 2.75) is 38.2 Å². The summed E-state index contributed by atoms with van der Waals surface area (Å²) in [5.74, 6) is 0. The van der Waals surface area contributed by atoms with Gasteiger partial charge in [-0.3, -0.25) is 0 Å². The summed E-state index contributed by atoms with van der Waals surface area (Å²) >= 11 is 0. The molecule has 3 heteroatoms. The summed E-state index contributed by atoms with van der Waals surface area (Å²) < 4.78 is 9.86. The highest BCUT2D eigenvalue weighted by Crippen LogP contribution is 2.42. The number of hydrogen-bond acceptors (Lipinski definition) is 3. The zero-order valence-electron chi connectivity index (χ0n) is 10.5. The summed E-state index contributed by atoms with van der Waals surface area (Å²) in [6.45, 7) is 4.44. The predicted molar refractivity (Wildman–Crippen MR) is 64.9 cm³/mol. The Labute approximate surface area is 102 Å². The van der Waals surface area contributed by atoms with Crippen LogP contribution in [0.1, 0.15) is 43.9 Å². The number of fused-ring (bicyclic) bond motifs is 1. The second-order valence-corrected chi connectivity index (χ2v) is 5.07. The number of methoxy groups -OCH3 is 1. The van der Waals surface area contributed by atoms with Gasteiger partial charge in [-0.1, -0.05) is 38.1 Å². The first kappa shape index (κ1) is 12.0. The van der Waals surface area contributed by atoms with Gasteiger partial charge in [0, 0.05) is 0 Å². The minimum Gasteiger partial charge on any atom is -0.438 e. The topological polar surface area (TPSA) is 35.5 Å². The Morgan fingerprint density at radius 1 is 1.35 bits per heavy atom. The molecular weight excluding hydrogens is 216 g/mol. The van der Waals surface area contributed by atoms with Gasteiger partial charge in [0.15, 0.2) is 0 Å². The molecular formula is C14H18O3. The van der Waals surface area contributed by atoms with Gasteiger partial charge in [-0.25, -0.2) is 4.79 Å². The predicted octanol–water partition coefficient (Wildman–Crippen LogP) is 3.58. The average molecular weight is 234 g/mol. The molecule has 0 aromatic heterocycles. The van der Waals surface area contributed by atoms with Gasteiger partial charge in [-0.05, 0) is 29.4 Å². The highest BCUT2D eigenvalue weighted by molar-refractivity contribution is 5.60. The molecule has 1 aliphatic carbocycles. The molecule has 0 aliphatic heterocycles. The number of carbonyl (C=O) groups excluding carboxylic acids is 1. The Morgan fingerprint density at radius 3 is 2.76 bits per heavy atom. The van der Waals surface area contributed by atoms with Crippen molar-refractivity contribution in [2.24, 2.45) is 0 Å². The number of hydrogen-bond donors (Lipinski definition) is 0. The van der Waals surface area contributed by atoms with Gasteiger partial charge in [-0.2, -0.15) is 0 Å². The fourth-order valence-corrected chi connectivity index (χ4v) is 2.46. The molecule has 17 heavy (non-hydrogen) atoms. The number of ether oxygens (including phenoxy) is 2. The molecule has 1 atom stereocenters. The van der Waals surface area contributed by atoms with Crippen molar-refractivity contribution in [3.8, 4) is 0 Å². The van der Waals surface area contributed by atoms with Crippen LogP contribution in [0.4, 0.5) is 4.79 Å². The third-order valence-corrected chi connectivity index (χ3v) is 3.47. The first-order valence-electron chi connectivity index (χ1n) is 5.88. The van der Waals surface area contributed by atoms with E-state index in [1.54, 1.807) is 0 Å². The standard InChI is InChI=1S/C14H18O3/c1-14(2)9-8-12(17-13(15)16-3)10-6-4-5-7-11(10)14/h4-7,12H,8-9H2,1-3H3. The average Bonchev–Trinajstić information content (AvgIpc) is 2.33. The van der Waals surface area contributed by atoms with E-state index in [-0.39, 0.29) is 11.5 Å². The molecule has 1 aromatic carbocycles. The van der Waals surface area contributed by atoms with Crippen LogP contribution in [-0.2, 0) is 14.9 Å². The minimum atomic E-state index is -0.607. The maximum atomic E-state index is 11.2. The van der Waals surface area contributed by atoms with Crippen LogP contribution in [0, 0.1) is 0 Å². The minimum absolute atomic E-state index is 0.145. The maximum Gasteiger partial charge on any atom is 0.508 e. The van der Waals surface area contributed by atoms with Gasteiger partial charge in [0.25, 0.3) is 0 Å². The van der Waals surface area contributed by atoms with Crippen LogP contribution < -0.4 is 0 Å². The lowest BCUT2D eigenvalue weighted by Gasteiger charge is -2.36. The molecule has 0 amide bonds. The van der Waals surface area contributed by atoms with Gasteiger partial charge in [-0.15, -0.1) is 0 Å². The second-order valence-electron chi connectivity index (χ2n) is 5.07. The molecule has 0 fully saturated rings. The van der Waals surface area contributed by atoms with E-state index in [0.29, 0.717) is 0 Å². The lowest BCUT2D eigenvalue weighted by Crippen LogP contribution is -2.28. The molecule has 1 aliphatic rings. The maximum absolute atomic E-state index is 11.2. The Balaban J connectivity index is 2.32. The summed E-state index contributed by atoms with van der Waals surface area (Å²) in [4.78, 5) is 11.2. The molecule has 92 valence electrons. The van der Waals surface area contributed by atoms with E-state index in [0.717, 1.165) is 18.4 Å². The van der Waals surface area contributed by atoms with Crippen LogP contribution in [0.5, 0.6) is 0 Å². The Hall–Kier alpha value is -1.51. The van der Waals surface area contributed by atoms with Crippen molar-refractivity contribution in [1.29, 1.82) is 0 Å². The third-order valence-electron chi connectivity index (χ3n) is 3.47. The number of benzene rings is 1. The summed E-state index contributed by atoms with van der Waals surface area (Å²) in [6, 6.07) is 8.15. The molecule has 0 spiro atoms. The quantitative estimate of drug-likeness (QED) is 0.697. The van der Waals surface area contributed by atoms with E-state index in [1.165, 1.54) is 12.7 Å². The Kier molecular flexibility index (Phi) is 3.09. The first-order valence-corrected chi connectivity index (χ1v) is 5.88. The lowest BCUT2D eigenvalue weighted by atomic mass is 9.72. The SMILES string of the molecule is COC(=O)OC1CCC(C)(C)c2ccccc21. The summed E-state index contributed by atoms with van der Waals surface area (Å²) in [5.41, 5.74) is 2.52. The van der Waals surface area contributed by atoms with Crippen LogP contribution in [0.3, 0.4) is 0 Å². The van der Waals surface area contributed by atoms with Crippen molar-refractivity contribution in [3.63, 3.8) is 0 Å². The summed E-state index contributed by atoms with van der Waals surface area (Å²) in [5, 5.41) is 0.